The van der Waals surface area contributed by atoms with Crippen LogP contribution in [0.4, 0.5) is 0 Å². The SMILES string of the molecule is CCC(C)C(N)C(=O)NC(CC(C)C)C(=O)NC(CCSC)C(=O)NCC(=O)O. The fraction of sp³-hybridized carbons (Fsp3) is 0.789. The van der Waals surface area contributed by atoms with Gasteiger partial charge in [-0.1, -0.05) is 34.1 Å². The quantitative estimate of drug-likeness (QED) is 0.265. The van der Waals surface area contributed by atoms with Crippen LogP contribution in [-0.2, 0) is 19.2 Å². The molecule has 0 rings (SSSR count). The predicted molar refractivity (Wildman–Crippen MR) is 114 cm³/mol. The van der Waals surface area contributed by atoms with E-state index in [0.29, 0.717) is 18.6 Å². The number of rotatable bonds is 14. The second kappa shape index (κ2) is 14.2. The van der Waals surface area contributed by atoms with Gasteiger partial charge in [0.15, 0.2) is 0 Å². The van der Waals surface area contributed by atoms with Crippen molar-refractivity contribution in [1.29, 1.82) is 0 Å². The molecular formula is C19H36N4O5S. The van der Waals surface area contributed by atoms with Crippen molar-refractivity contribution in [3.05, 3.63) is 0 Å². The van der Waals surface area contributed by atoms with Gasteiger partial charge in [-0.25, -0.2) is 0 Å². The number of carbonyl (C=O) groups is 4. The van der Waals surface area contributed by atoms with E-state index in [1.165, 1.54) is 11.8 Å². The summed E-state index contributed by atoms with van der Waals surface area (Å²) in [5, 5.41) is 16.4. The highest BCUT2D eigenvalue weighted by molar-refractivity contribution is 7.98. The predicted octanol–water partition coefficient (Wildman–Crippen LogP) is 0.329. The van der Waals surface area contributed by atoms with Gasteiger partial charge < -0.3 is 26.8 Å². The Morgan fingerprint density at radius 2 is 1.59 bits per heavy atom. The van der Waals surface area contributed by atoms with Crippen LogP contribution in [0.3, 0.4) is 0 Å². The maximum Gasteiger partial charge on any atom is 0.322 e. The number of thioether (sulfide) groups is 1. The first-order valence-electron chi connectivity index (χ1n) is 9.88. The summed E-state index contributed by atoms with van der Waals surface area (Å²) in [6, 6.07) is -2.45. The first kappa shape index (κ1) is 27.2. The van der Waals surface area contributed by atoms with E-state index in [2.05, 4.69) is 16.0 Å². The lowest BCUT2D eigenvalue weighted by atomic mass is 9.97. The van der Waals surface area contributed by atoms with E-state index < -0.39 is 48.4 Å². The molecule has 0 aliphatic rings. The van der Waals surface area contributed by atoms with Crippen molar-refractivity contribution in [1.82, 2.24) is 16.0 Å². The van der Waals surface area contributed by atoms with Crippen molar-refractivity contribution in [3.8, 4) is 0 Å². The van der Waals surface area contributed by atoms with Gasteiger partial charge in [0.1, 0.15) is 18.6 Å². The van der Waals surface area contributed by atoms with Crippen LogP contribution in [0.1, 0.15) is 47.0 Å². The Bertz CT molecular complexity index is 559. The molecule has 0 aromatic rings. The number of hydrogen-bond acceptors (Lipinski definition) is 6. The minimum Gasteiger partial charge on any atom is -0.480 e. The standard InChI is InChI=1S/C19H36N4O5S/c1-6-12(4)16(20)19(28)23-14(9-11(2)3)18(27)22-13(7-8-29-5)17(26)21-10-15(24)25/h11-14,16H,6-10,20H2,1-5H3,(H,21,26)(H,22,27)(H,23,28)(H,24,25). The molecule has 0 fully saturated rings. The topological polar surface area (TPSA) is 151 Å². The second-order valence-electron chi connectivity index (χ2n) is 7.56. The molecule has 4 atom stereocenters. The van der Waals surface area contributed by atoms with Crippen LogP contribution in [0.15, 0.2) is 0 Å². The summed E-state index contributed by atoms with van der Waals surface area (Å²) in [5.74, 6) is -1.94. The van der Waals surface area contributed by atoms with Crippen molar-refractivity contribution >= 4 is 35.5 Å². The fourth-order valence-electron chi connectivity index (χ4n) is 2.55. The highest BCUT2D eigenvalue weighted by Gasteiger charge is 2.29. The van der Waals surface area contributed by atoms with E-state index in [1.807, 2.05) is 34.0 Å². The van der Waals surface area contributed by atoms with E-state index in [1.54, 1.807) is 0 Å². The van der Waals surface area contributed by atoms with Gasteiger partial charge in [0.25, 0.3) is 0 Å². The zero-order chi connectivity index (χ0) is 22.6. The molecule has 0 aromatic carbocycles. The van der Waals surface area contributed by atoms with Crippen LogP contribution in [0.5, 0.6) is 0 Å². The average Bonchev–Trinajstić information content (AvgIpc) is 2.66. The molecule has 0 bridgehead atoms. The molecule has 0 saturated carbocycles. The van der Waals surface area contributed by atoms with E-state index in [-0.39, 0.29) is 11.8 Å². The molecule has 0 heterocycles. The van der Waals surface area contributed by atoms with Crippen LogP contribution in [0.25, 0.3) is 0 Å². The number of hydrogen-bond donors (Lipinski definition) is 5. The van der Waals surface area contributed by atoms with Crippen molar-refractivity contribution in [2.75, 3.05) is 18.6 Å². The number of amides is 3. The third-order valence-corrected chi connectivity index (χ3v) is 5.20. The van der Waals surface area contributed by atoms with E-state index in [9.17, 15) is 19.2 Å². The Hall–Kier alpha value is -1.81. The van der Waals surface area contributed by atoms with Gasteiger partial charge in [-0.3, -0.25) is 19.2 Å². The number of carboxylic acid groups (broad SMARTS) is 1. The molecule has 9 nitrogen and oxygen atoms in total. The van der Waals surface area contributed by atoms with Gasteiger partial charge in [0.2, 0.25) is 17.7 Å². The van der Waals surface area contributed by atoms with Gasteiger partial charge >= 0.3 is 5.97 Å². The first-order valence-corrected chi connectivity index (χ1v) is 11.3. The van der Waals surface area contributed by atoms with Crippen LogP contribution in [-0.4, -0.2) is 65.5 Å². The lowest BCUT2D eigenvalue weighted by molar-refractivity contribution is -0.138. The molecule has 10 heteroatoms. The third-order valence-electron chi connectivity index (χ3n) is 4.56. The Kier molecular flexibility index (Phi) is 13.3. The number of nitrogens with one attached hydrogen (secondary N) is 3. The van der Waals surface area contributed by atoms with E-state index in [0.717, 1.165) is 6.42 Å². The highest BCUT2D eigenvalue weighted by Crippen LogP contribution is 2.10. The average molecular weight is 433 g/mol. The van der Waals surface area contributed by atoms with Crippen LogP contribution < -0.4 is 21.7 Å². The molecule has 168 valence electrons. The Morgan fingerprint density at radius 1 is 1.00 bits per heavy atom. The molecule has 0 spiro atoms. The first-order chi connectivity index (χ1) is 13.5. The highest BCUT2D eigenvalue weighted by atomic mass is 32.2. The van der Waals surface area contributed by atoms with Gasteiger partial charge in [0, 0.05) is 0 Å². The number of carboxylic acids is 1. The summed E-state index contributed by atoms with van der Waals surface area (Å²) in [7, 11) is 0. The van der Waals surface area contributed by atoms with Crippen molar-refractivity contribution in [3.63, 3.8) is 0 Å². The molecule has 3 amide bonds. The molecule has 0 saturated heterocycles. The molecule has 0 radical (unpaired) electrons. The van der Waals surface area contributed by atoms with Crippen LogP contribution in [0, 0.1) is 11.8 Å². The van der Waals surface area contributed by atoms with Crippen molar-refractivity contribution < 1.29 is 24.3 Å². The van der Waals surface area contributed by atoms with Crippen molar-refractivity contribution in [2.24, 2.45) is 17.6 Å². The summed E-state index contributed by atoms with van der Waals surface area (Å²) in [6.07, 6.45) is 3.33. The summed E-state index contributed by atoms with van der Waals surface area (Å²) >= 11 is 1.50. The Labute approximate surface area is 177 Å². The second-order valence-corrected chi connectivity index (χ2v) is 8.54. The molecule has 4 unspecified atom stereocenters. The Balaban J connectivity index is 5.23. The Morgan fingerprint density at radius 3 is 2.07 bits per heavy atom. The van der Waals surface area contributed by atoms with Crippen LogP contribution >= 0.6 is 11.8 Å². The minimum atomic E-state index is -1.17. The fourth-order valence-corrected chi connectivity index (χ4v) is 3.02. The molecule has 29 heavy (non-hydrogen) atoms. The summed E-state index contributed by atoms with van der Waals surface area (Å²) in [4.78, 5) is 48.2. The zero-order valence-electron chi connectivity index (χ0n) is 18.0. The van der Waals surface area contributed by atoms with Gasteiger partial charge in [-0.05, 0) is 36.7 Å². The molecule has 0 aliphatic carbocycles. The minimum absolute atomic E-state index is 0.0334. The van der Waals surface area contributed by atoms with Gasteiger partial charge in [-0.15, -0.1) is 0 Å². The van der Waals surface area contributed by atoms with E-state index in [4.69, 9.17) is 10.8 Å². The smallest absolute Gasteiger partial charge is 0.322 e. The summed E-state index contributed by atoms with van der Waals surface area (Å²) in [5.41, 5.74) is 5.97. The monoisotopic (exact) mass is 432 g/mol. The molecule has 6 N–H and O–H groups in total. The van der Waals surface area contributed by atoms with Crippen LogP contribution in [0.2, 0.25) is 0 Å². The normalized spacial score (nSPS) is 15.1. The molecule has 0 aromatic heterocycles. The molecule has 0 aliphatic heterocycles. The van der Waals surface area contributed by atoms with Gasteiger partial charge in [-0.2, -0.15) is 11.8 Å². The number of nitrogens with two attached hydrogens (primary N) is 1. The molecular weight excluding hydrogens is 396 g/mol. The number of carbonyl (C=O) groups excluding carboxylic acids is 3. The number of aliphatic carboxylic acids is 1. The largest absolute Gasteiger partial charge is 0.480 e. The third kappa shape index (κ3) is 11.1. The zero-order valence-corrected chi connectivity index (χ0v) is 18.8. The van der Waals surface area contributed by atoms with Crippen molar-refractivity contribution in [2.45, 2.75) is 65.1 Å². The van der Waals surface area contributed by atoms with Gasteiger partial charge in [0.05, 0.1) is 6.04 Å². The van der Waals surface area contributed by atoms with E-state index >= 15 is 0 Å². The maximum absolute atomic E-state index is 12.8. The maximum atomic E-state index is 12.8. The lowest BCUT2D eigenvalue weighted by Crippen LogP contribution is -2.57. The lowest BCUT2D eigenvalue weighted by Gasteiger charge is -2.26. The summed E-state index contributed by atoms with van der Waals surface area (Å²) < 4.78 is 0. The summed E-state index contributed by atoms with van der Waals surface area (Å²) in [6.45, 7) is 7.12.